The SMILES string of the molecule is CC(CCC(O)c1cccc(O)c1)Cc1cccc2ccccc12. The van der Waals surface area contributed by atoms with Crippen LogP contribution in [-0.2, 0) is 6.42 Å². The zero-order chi connectivity index (χ0) is 16.9. The molecule has 0 saturated carbocycles. The first-order valence-electron chi connectivity index (χ1n) is 8.57. The Hall–Kier alpha value is -2.32. The van der Waals surface area contributed by atoms with Crippen LogP contribution in [0.1, 0.15) is 37.0 Å². The van der Waals surface area contributed by atoms with E-state index in [2.05, 4.69) is 49.4 Å². The van der Waals surface area contributed by atoms with E-state index >= 15 is 0 Å². The molecule has 24 heavy (non-hydrogen) atoms. The van der Waals surface area contributed by atoms with Gasteiger partial charge in [0.2, 0.25) is 0 Å². The normalized spacial score (nSPS) is 13.8. The van der Waals surface area contributed by atoms with E-state index in [0.29, 0.717) is 12.3 Å². The van der Waals surface area contributed by atoms with Crippen LogP contribution in [0.5, 0.6) is 5.75 Å². The highest BCUT2D eigenvalue weighted by Crippen LogP contribution is 2.26. The van der Waals surface area contributed by atoms with Crippen LogP contribution in [-0.4, -0.2) is 10.2 Å². The first-order chi connectivity index (χ1) is 11.6. The Bertz CT molecular complexity index is 804. The van der Waals surface area contributed by atoms with Crippen LogP contribution in [0.4, 0.5) is 0 Å². The van der Waals surface area contributed by atoms with Crippen molar-refractivity contribution in [2.75, 3.05) is 0 Å². The van der Waals surface area contributed by atoms with Gasteiger partial charge in [0.1, 0.15) is 5.75 Å². The molecular formula is C22H24O2. The Labute approximate surface area is 143 Å². The van der Waals surface area contributed by atoms with Crippen molar-refractivity contribution >= 4 is 10.8 Å². The lowest BCUT2D eigenvalue weighted by atomic mass is 9.91. The lowest BCUT2D eigenvalue weighted by molar-refractivity contribution is 0.157. The minimum Gasteiger partial charge on any atom is -0.508 e. The van der Waals surface area contributed by atoms with Gasteiger partial charge in [-0.2, -0.15) is 0 Å². The number of benzene rings is 3. The summed E-state index contributed by atoms with van der Waals surface area (Å²) in [6.45, 7) is 2.23. The molecule has 0 aromatic heterocycles. The van der Waals surface area contributed by atoms with Gasteiger partial charge in [0.15, 0.2) is 0 Å². The van der Waals surface area contributed by atoms with Crippen molar-refractivity contribution in [3.05, 3.63) is 77.9 Å². The number of phenols is 1. The summed E-state index contributed by atoms with van der Waals surface area (Å²) < 4.78 is 0. The maximum Gasteiger partial charge on any atom is 0.115 e. The van der Waals surface area contributed by atoms with E-state index in [9.17, 15) is 10.2 Å². The molecule has 3 aromatic carbocycles. The van der Waals surface area contributed by atoms with Crippen LogP contribution in [0.3, 0.4) is 0 Å². The number of rotatable bonds is 6. The van der Waals surface area contributed by atoms with E-state index in [4.69, 9.17) is 0 Å². The lowest BCUT2D eigenvalue weighted by Gasteiger charge is -2.16. The largest absolute Gasteiger partial charge is 0.508 e. The molecule has 3 rings (SSSR count). The number of aliphatic hydroxyl groups excluding tert-OH is 1. The van der Waals surface area contributed by atoms with Crippen molar-refractivity contribution in [3.8, 4) is 5.75 Å². The Morgan fingerprint density at radius 2 is 1.62 bits per heavy atom. The van der Waals surface area contributed by atoms with Gasteiger partial charge >= 0.3 is 0 Å². The number of hydrogen-bond acceptors (Lipinski definition) is 2. The van der Waals surface area contributed by atoms with Crippen molar-refractivity contribution < 1.29 is 10.2 Å². The van der Waals surface area contributed by atoms with Crippen molar-refractivity contribution in [2.45, 2.75) is 32.3 Å². The second-order valence-corrected chi connectivity index (χ2v) is 6.64. The predicted molar refractivity (Wildman–Crippen MR) is 99.1 cm³/mol. The fraction of sp³-hybridized carbons (Fsp3) is 0.273. The maximum absolute atomic E-state index is 10.3. The highest BCUT2D eigenvalue weighted by atomic mass is 16.3. The van der Waals surface area contributed by atoms with Gasteiger partial charge in [-0.1, -0.05) is 61.5 Å². The number of aliphatic hydroxyl groups is 1. The van der Waals surface area contributed by atoms with Crippen LogP contribution < -0.4 is 0 Å². The van der Waals surface area contributed by atoms with Gasteiger partial charge in [0, 0.05) is 0 Å². The Kier molecular flexibility index (Phi) is 5.17. The summed E-state index contributed by atoms with van der Waals surface area (Å²) in [6, 6.07) is 21.8. The topological polar surface area (TPSA) is 40.5 Å². The average Bonchev–Trinajstić information content (AvgIpc) is 2.60. The summed E-state index contributed by atoms with van der Waals surface area (Å²) in [4.78, 5) is 0. The first kappa shape index (κ1) is 16.5. The summed E-state index contributed by atoms with van der Waals surface area (Å²) in [5.41, 5.74) is 2.15. The Morgan fingerprint density at radius 1 is 0.875 bits per heavy atom. The summed E-state index contributed by atoms with van der Waals surface area (Å²) in [5, 5.41) is 22.4. The third-order valence-electron chi connectivity index (χ3n) is 4.64. The zero-order valence-electron chi connectivity index (χ0n) is 14.0. The Morgan fingerprint density at radius 3 is 2.46 bits per heavy atom. The van der Waals surface area contributed by atoms with E-state index in [1.165, 1.54) is 16.3 Å². The lowest BCUT2D eigenvalue weighted by Crippen LogP contribution is -2.05. The molecule has 124 valence electrons. The molecule has 2 atom stereocenters. The van der Waals surface area contributed by atoms with E-state index in [0.717, 1.165) is 18.4 Å². The van der Waals surface area contributed by atoms with Crippen LogP contribution in [0, 0.1) is 5.92 Å². The zero-order valence-corrected chi connectivity index (χ0v) is 14.0. The van der Waals surface area contributed by atoms with Crippen LogP contribution >= 0.6 is 0 Å². The molecule has 0 aliphatic rings. The molecule has 0 heterocycles. The van der Waals surface area contributed by atoms with Crippen molar-refractivity contribution in [1.82, 2.24) is 0 Å². The smallest absolute Gasteiger partial charge is 0.115 e. The highest BCUT2D eigenvalue weighted by Gasteiger charge is 2.12. The fourth-order valence-electron chi connectivity index (χ4n) is 3.29. The molecule has 0 aliphatic heterocycles. The summed E-state index contributed by atoms with van der Waals surface area (Å²) in [5.74, 6) is 0.693. The first-order valence-corrected chi connectivity index (χ1v) is 8.57. The van der Waals surface area contributed by atoms with Crippen molar-refractivity contribution in [2.24, 2.45) is 5.92 Å². The summed E-state index contributed by atoms with van der Waals surface area (Å²) in [6.07, 6.45) is 2.14. The molecule has 0 spiro atoms. The van der Waals surface area contributed by atoms with E-state index < -0.39 is 6.10 Å². The van der Waals surface area contributed by atoms with Gasteiger partial charge in [-0.15, -0.1) is 0 Å². The van der Waals surface area contributed by atoms with Gasteiger partial charge in [-0.25, -0.2) is 0 Å². The molecule has 0 aliphatic carbocycles. The Balaban J connectivity index is 1.62. The monoisotopic (exact) mass is 320 g/mol. The van der Waals surface area contributed by atoms with Gasteiger partial charge in [-0.05, 0) is 59.2 Å². The van der Waals surface area contributed by atoms with Crippen molar-refractivity contribution in [1.29, 1.82) is 0 Å². The van der Waals surface area contributed by atoms with E-state index in [1.807, 2.05) is 6.07 Å². The second-order valence-electron chi connectivity index (χ2n) is 6.64. The predicted octanol–water partition coefficient (Wildman–Crippen LogP) is 5.24. The number of aromatic hydroxyl groups is 1. The van der Waals surface area contributed by atoms with Crippen LogP contribution in [0.25, 0.3) is 10.8 Å². The van der Waals surface area contributed by atoms with Crippen LogP contribution in [0.15, 0.2) is 66.7 Å². The number of phenolic OH excluding ortho intramolecular Hbond substituents is 1. The highest BCUT2D eigenvalue weighted by molar-refractivity contribution is 5.85. The molecule has 0 amide bonds. The third-order valence-corrected chi connectivity index (χ3v) is 4.64. The molecule has 0 saturated heterocycles. The molecular weight excluding hydrogens is 296 g/mol. The molecule has 0 radical (unpaired) electrons. The van der Waals surface area contributed by atoms with E-state index in [1.54, 1.807) is 18.2 Å². The molecule has 2 unspecified atom stereocenters. The van der Waals surface area contributed by atoms with Crippen molar-refractivity contribution in [3.63, 3.8) is 0 Å². The molecule has 0 bridgehead atoms. The maximum atomic E-state index is 10.3. The summed E-state index contributed by atoms with van der Waals surface area (Å²) >= 11 is 0. The molecule has 3 aromatic rings. The number of fused-ring (bicyclic) bond motifs is 1. The molecule has 2 nitrogen and oxygen atoms in total. The quantitative estimate of drug-likeness (QED) is 0.652. The van der Waals surface area contributed by atoms with E-state index in [-0.39, 0.29) is 5.75 Å². The van der Waals surface area contributed by atoms with Gasteiger partial charge < -0.3 is 10.2 Å². The molecule has 0 fully saturated rings. The average molecular weight is 320 g/mol. The van der Waals surface area contributed by atoms with Gasteiger partial charge in [-0.3, -0.25) is 0 Å². The molecule has 2 N–H and O–H groups in total. The fourth-order valence-corrected chi connectivity index (χ4v) is 3.29. The second kappa shape index (κ2) is 7.50. The molecule has 2 heteroatoms. The van der Waals surface area contributed by atoms with Gasteiger partial charge in [0.05, 0.1) is 6.10 Å². The minimum atomic E-state index is -0.521. The van der Waals surface area contributed by atoms with Gasteiger partial charge in [0.25, 0.3) is 0 Å². The minimum absolute atomic E-state index is 0.204. The standard InChI is InChI=1S/C22H24O2/c1-16(12-13-22(24)19-9-5-10-20(23)15-19)14-18-8-4-7-17-6-2-3-11-21(17)18/h2-11,15-16,22-24H,12-14H2,1H3. The number of hydrogen-bond donors (Lipinski definition) is 2. The van der Waals surface area contributed by atoms with Crippen LogP contribution in [0.2, 0.25) is 0 Å². The third kappa shape index (κ3) is 3.95. The summed E-state index contributed by atoms with van der Waals surface area (Å²) in [7, 11) is 0.